The van der Waals surface area contributed by atoms with Crippen LogP contribution in [0.15, 0.2) is 52.8 Å². The minimum Gasteiger partial charge on any atom is -0.548 e. The normalized spacial score (nSPS) is 12.1. The zero-order valence-electron chi connectivity index (χ0n) is 15.8. The predicted octanol–water partition coefficient (Wildman–Crippen LogP) is 0.946. The lowest BCUT2D eigenvalue weighted by molar-refractivity contribution is -0.384. The lowest BCUT2D eigenvalue weighted by Gasteiger charge is -2.20. The third-order valence-electron chi connectivity index (χ3n) is 3.83. The number of nitrogens with zero attached hydrogens (tertiary/aromatic N) is 1. The number of amides is 2. The minimum absolute atomic E-state index is 0.0772. The lowest BCUT2D eigenvalue weighted by atomic mass is 10.1. The summed E-state index contributed by atoms with van der Waals surface area (Å²) < 4.78 is 4.98. The van der Waals surface area contributed by atoms with Crippen molar-refractivity contribution in [2.45, 2.75) is 12.5 Å². The Morgan fingerprint density at radius 1 is 1.27 bits per heavy atom. The molecule has 0 bridgehead atoms. The molecule has 30 heavy (non-hydrogen) atoms. The number of non-ortho nitro benzene ring substituents is 1. The van der Waals surface area contributed by atoms with Crippen LogP contribution in [0.1, 0.15) is 22.5 Å². The van der Waals surface area contributed by atoms with E-state index < -0.39 is 28.7 Å². The summed E-state index contributed by atoms with van der Waals surface area (Å²) in [6, 6.07) is 6.95. The molecule has 0 aliphatic rings. The maximum absolute atomic E-state index is 12.7. The highest BCUT2D eigenvalue weighted by molar-refractivity contribution is 7.98. The minimum atomic E-state index is -1.47. The van der Waals surface area contributed by atoms with Gasteiger partial charge < -0.3 is 25.0 Å². The van der Waals surface area contributed by atoms with Gasteiger partial charge in [-0.3, -0.25) is 19.7 Å². The van der Waals surface area contributed by atoms with Crippen LogP contribution in [0.3, 0.4) is 0 Å². The SMILES string of the molecule is CSCC[C@@H](NC(=O)/C(=C/c1cccc([N+](=O)[O-])c1)NC(=O)c1ccco1)C(=O)[O-]. The van der Waals surface area contributed by atoms with Gasteiger partial charge in [-0.25, -0.2) is 0 Å². The van der Waals surface area contributed by atoms with Crippen molar-refractivity contribution >= 4 is 41.3 Å². The molecule has 0 saturated heterocycles. The molecule has 2 aromatic rings. The number of thioether (sulfide) groups is 1. The molecule has 0 aliphatic heterocycles. The first-order chi connectivity index (χ1) is 14.3. The largest absolute Gasteiger partial charge is 0.548 e. The first kappa shape index (κ1) is 22.7. The van der Waals surface area contributed by atoms with Crippen LogP contribution in [0.25, 0.3) is 6.08 Å². The summed E-state index contributed by atoms with van der Waals surface area (Å²) in [5, 5.41) is 26.9. The van der Waals surface area contributed by atoms with E-state index in [2.05, 4.69) is 10.6 Å². The molecular formula is C19H18N3O7S-. The lowest BCUT2D eigenvalue weighted by Crippen LogP contribution is -2.50. The molecule has 10 nitrogen and oxygen atoms in total. The topological polar surface area (TPSA) is 155 Å². The van der Waals surface area contributed by atoms with E-state index in [9.17, 15) is 29.6 Å². The van der Waals surface area contributed by atoms with Gasteiger partial charge in [0.1, 0.15) is 5.70 Å². The highest BCUT2D eigenvalue weighted by atomic mass is 32.2. The summed E-state index contributed by atoms with van der Waals surface area (Å²) in [5.41, 5.74) is -0.274. The Hall–Kier alpha value is -3.60. The van der Waals surface area contributed by atoms with Crippen LogP contribution in [0.4, 0.5) is 5.69 Å². The van der Waals surface area contributed by atoms with E-state index >= 15 is 0 Å². The number of aliphatic carboxylic acids is 1. The number of carboxylic acid groups (broad SMARTS) is 1. The Balaban J connectivity index is 2.33. The number of furan rings is 1. The van der Waals surface area contributed by atoms with E-state index in [1.165, 1.54) is 60.5 Å². The Bertz CT molecular complexity index is 957. The predicted molar refractivity (Wildman–Crippen MR) is 107 cm³/mol. The summed E-state index contributed by atoms with van der Waals surface area (Å²) in [4.78, 5) is 46.7. The van der Waals surface area contributed by atoms with E-state index in [4.69, 9.17) is 4.42 Å². The average Bonchev–Trinajstić information content (AvgIpc) is 3.25. The van der Waals surface area contributed by atoms with Crippen molar-refractivity contribution in [3.63, 3.8) is 0 Å². The summed E-state index contributed by atoms with van der Waals surface area (Å²) in [5.74, 6) is -2.73. The van der Waals surface area contributed by atoms with E-state index in [1.54, 1.807) is 6.26 Å². The molecule has 1 heterocycles. The molecule has 11 heteroatoms. The van der Waals surface area contributed by atoms with Crippen LogP contribution in [0.5, 0.6) is 0 Å². The van der Waals surface area contributed by atoms with E-state index in [0.717, 1.165) is 0 Å². The van der Waals surface area contributed by atoms with Gasteiger partial charge >= 0.3 is 0 Å². The Morgan fingerprint density at radius 3 is 2.63 bits per heavy atom. The number of nitro groups is 1. The molecule has 0 fully saturated rings. The molecule has 2 rings (SSSR count). The monoisotopic (exact) mass is 432 g/mol. The number of nitro benzene ring substituents is 1. The third-order valence-corrected chi connectivity index (χ3v) is 4.47. The fourth-order valence-corrected chi connectivity index (χ4v) is 2.84. The molecule has 1 aromatic carbocycles. The number of hydrogen-bond acceptors (Lipinski definition) is 8. The summed E-state index contributed by atoms with van der Waals surface area (Å²) in [6.07, 6.45) is 4.37. The molecule has 0 spiro atoms. The molecule has 1 atom stereocenters. The highest BCUT2D eigenvalue weighted by Crippen LogP contribution is 2.16. The second-order valence-electron chi connectivity index (χ2n) is 5.97. The van der Waals surface area contributed by atoms with Crippen LogP contribution < -0.4 is 15.7 Å². The zero-order chi connectivity index (χ0) is 22.1. The number of carbonyl (C=O) groups is 3. The maximum Gasteiger partial charge on any atom is 0.291 e. The molecule has 2 amide bonds. The summed E-state index contributed by atoms with van der Waals surface area (Å²) >= 11 is 1.40. The average molecular weight is 432 g/mol. The fourth-order valence-electron chi connectivity index (χ4n) is 2.37. The second-order valence-corrected chi connectivity index (χ2v) is 6.95. The molecule has 0 saturated carbocycles. The number of carbonyl (C=O) groups excluding carboxylic acids is 3. The standard InChI is InChI=1S/C19H19N3O7S/c1-30-9-7-14(19(25)26)20-17(23)15(21-18(24)16-6-3-8-29-16)11-12-4-2-5-13(10-12)22(27)28/h2-6,8,10-11,14H,7,9H2,1H3,(H,20,23)(H,21,24)(H,25,26)/p-1/b15-11-/t14-/m1/s1. The highest BCUT2D eigenvalue weighted by Gasteiger charge is 2.20. The van der Waals surface area contributed by atoms with Crippen molar-refractivity contribution < 1.29 is 28.8 Å². The van der Waals surface area contributed by atoms with Crippen LogP contribution in [-0.4, -0.2) is 40.8 Å². The molecule has 0 radical (unpaired) electrons. The maximum atomic E-state index is 12.7. The van der Waals surface area contributed by atoms with Crippen LogP contribution >= 0.6 is 11.8 Å². The molecule has 158 valence electrons. The van der Waals surface area contributed by atoms with E-state index in [-0.39, 0.29) is 29.1 Å². The third kappa shape index (κ3) is 6.48. The van der Waals surface area contributed by atoms with Gasteiger partial charge in [-0.1, -0.05) is 12.1 Å². The van der Waals surface area contributed by atoms with Gasteiger partial charge in [0, 0.05) is 12.1 Å². The fraction of sp³-hybridized carbons (Fsp3) is 0.211. The van der Waals surface area contributed by atoms with Gasteiger partial charge in [0.25, 0.3) is 17.5 Å². The number of rotatable bonds is 10. The van der Waals surface area contributed by atoms with E-state index in [1.807, 2.05) is 0 Å². The van der Waals surface area contributed by atoms with Gasteiger partial charge in [0.2, 0.25) is 0 Å². The zero-order valence-corrected chi connectivity index (χ0v) is 16.6. The molecule has 1 aromatic heterocycles. The number of nitrogens with one attached hydrogen (secondary N) is 2. The van der Waals surface area contributed by atoms with Crippen LogP contribution in [0.2, 0.25) is 0 Å². The van der Waals surface area contributed by atoms with Crippen LogP contribution in [-0.2, 0) is 9.59 Å². The van der Waals surface area contributed by atoms with Crippen molar-refractivity contribution in [3.05, 3.63) is 69.8 Å². The van der Waals surface area contributed by atoms with Gasteiger partial charge in [-0.2, -0.15) is 11.8 Å². The molecule has 0 unspecified atom stereocenters. The number of benzene rings is 1. The van der Waals surface area contributed by atoms with Gasteiger partial charge in [0.15, 0.2) is 5.76 Å². The van der Waals surface area contributed by atoms with Crippen molar-refractivity contribution in [1.82, 2.24) is 10.6 Å². The van der Waals surface area contributed by atoms with Gasteiger partial charge in [-0.05, 0) is 42.2 Å². The Morgan fingerprint density at radius 2 is 2.03 bits per heavy atom. The van der Waals surface area contributed by atoms with E-state index in [0.29, 0.717) is 5.75 Å². The molecule has 0 aliphatic carbocycles. The number of carboxylic acids is 1. The van der Waals surface area contributed by atoms with Gasteiger partial charge in [0.05, 0.1) is 23.2 Å². The molecular weight excluding hydrogens is 414 g/mol. The van der Waals surface area contributed by atoms with Crippen LogP contribution in [0, 0.1) is 10.1 Å². The van der Waals surface area contributed by atoms with Crippen molar-refractivity contribution in [1.29, 1.82) is 0 Å². The Labute approximate surface area is 175 Å². The first-order valence-electron chi connectivity index (χ1n) is 8.63. The van der Waals surface area contributed by atoms with Gasteiger partial charge in [-0.15, -0.1) is 0 Å². The molecule has 2 N–H and O–H groups in total. The van der Waals surface area contributed by atoms with Crippen molar-refractivity contribution in [2.24, 2.45) is 0 Å². The smallest absolute Gasteiger partial charge is 0.291 e. The van der Waals surface area contributed by atoms with Crippen molar-refractivity contribution in [3.8, 4) is 0 Å². The summed E-state index contributed by atoms with van der Waals surface area (Å²) in [6.45, 7) is 0. The van der Waals surface area contributed by atoms with Crippen molar-refractivity contribution in [2.75, 3.05) is 12.0 Å². The first-order valence-corrected chi connectivity index (χ1v) is 10.0. The second kappa shape index (κ2) is 10.8. The Kier molecular flexibility index (Phi) is 8.18. The number of hydrogen-bond donors (Lipinski definition) is 2. The summed E-state index contributed by atoms with van der Waals surface area (Å²) in [7, 11) is 0. The quantitative estimate of drug-likeness (QED) is 0.319.